The Balaban J connectivity index is 3.10. The standard InChI is InChI=1S/C12H21O5P2S/c1-5-15-19(20,16-6-2)17-18(13-3,14-4)12-10-8-7-9-11-12/h7-11H,5-6H2,1-4H3/q+1. The molecule has 20 heavy (non-hydrogen) atoms. The Kier molecular flexibility index (Phi) is 7.73. The molecule has 0 heterocycles. The van der Waals surface area contributed by atoms with E-state index in [4.69, 9.17) is 34.2 Å². The Labute approximate surface area is 126 Å². The first-order valence-electron chi connectivity index (χ1n) is 6.22. The molecule has 0 saturated carbocycles. The minimum atomic E-state index is -2.91. The van der Waals surface area contributed by atoms with E-state index in [1.54, 1.807) is 0 Å². The Morgan fingerprint density at radius 3 is 1.90 bits per heavy atom. The third kappa shape index (κ3) is 4.55. The molecule has 5 nitrogen and oxygen atoms in total. The van der Waals surface area contributed by atoms with Crippen molar-refractivity contribution in [2.45, 2.75) is 13.8 Å². The lowest BCUT2D eigenvalue weighted by Crippen LogP contribution is -2.17. The zero-order valence-corrected chi connectivity index (χ0v) is 14.8. The van der Waals surface area contributed by atoms with Crippen LogP contribution in [0.2, 0.25) is 0 Å². The molecule has 0 aliphatic heterocycles. The maximum Gasteiger partial charge on any atom is 0.457 e. The summed E-state index contributed by atoms with van der Waals surface area (Å²) in [6, 6.07) is 9.42. The van der Waals surface area contributed by atoms with Gasteiger partial charge in [-0.2, -0.15) is 9.05 Å². The Hall–Kier alpha value is 0.1000. The van der Waals surface area contributed by atoms with Crippen molar-refractivity contribution in [2.75, 3.05) is 27.4 Å². The van der Waals surface area contributed by atoms with Crippen molar-refractivity contribution in [1.29, 1.82) is 0 Å². The monoisotopic (exact) mass is 339 g/mol. The predicted molar refractivity (Wildman–Crippen MR) is 85.6 cm³/mol. The first kappa shape index (κ1) is 18.1. The van der Waals surface area contributed by atoms with Crippen LogP contribution >= 0.6 is 14.7 Å². The molecule has 0 fully saturated rings. The first-order valence-corrected chi connectivity index (χ1v) is 10.3. The Bertz CT molecular complexity index is 429. The normalized spacial score (nSPS) is 12.6. The van der Waals surface area contributed by atoms with Crippen LogP contribution in [0.15, 0.2) is 30.3 Å². The Morgan fingerprint density at radius 1 is 1.00 bits per heavy atom. The highest BCUT2D eigenvalue weighted by Gasteiger charge is 2.52. The van der Waals surface area contributed by atoms with Crippen LogP contribution in [-0.4, -0.2) is 27.4 Å². The fraction of sp³-hybridized carbons (Fsp3) is 0.500. The van der Waals surface area contributed by atoms with Crippen molar-refractivity contribution in [3.8, 4) is 0 Å². The minimum absolute atomic E-state index is 0.402. The van der Waals surface area contributed by atoms with Crippen molar-refractivity contribution in [2.24, 2.45) is 0 Å². The summed E-state index contributed by atoms with van der Waals surface area (Å²) in [5, 5.41) is 0.790. The highest BCUT2D eigenvalue weighted by atomic mass is 32.5. The highest BCUT2D eigenvalue weighted by molar-refractivity contribution is 8.09. The summed E-state index contributed by atoms with van der Waals surface area (Å²) in [4.78, 5) is 0. The van der Waals surface area contributed by atoms with Gasteiger partial charge in [-0.25, -0.2) is 0 Å². The van der Waals surface area contributed by atoms with E-state index >= 15 is 0 Å². The summed E-state index contributed by atoms with van der Waals surface area (Å²) in [7, 11) is 0.263. The summed E-state index contributed by atoms with van der Waals surface area (Å²) in [6.07, 6.45) is 0. The number of rotatable bonds is 9. The van der Waals surface area contributed by atoms with Crippen LogP contribution in [0.4, 0.5) is 0 Å². The lowest BCUT2D eigenvalue weighted by atomic mass is 10.4. The van der Waals surface area contributed by atoms with Gasteiger partial charge in [0.05, 0.1) is 27.4 Å². The van der Waals surface area contributed by atoms with Crippen molar-refractivity contribution in [3.05, 3.63) is 30.3 Å². The highest BCUT2D eigenvalue weighted by Crippen LogP contribution is 2.71. The molecule has 1 aromatic carbocycles. The molecule has 0 amide bonds. The van der Waals surface area contributed by atoms with Crippen molar-refractivity contribution >= 4 is 31.8 Å². The smallest absolute Gasteiger partial charge is 0.307 e. The van der Waals surface area contributed by atoms with Gasteiger partial charge in [-0.3, -0.25) is 0 Å². The van der Waals surface area contributed by atoms with Crippen LogP contribution in [0.5, 0.6) is 0 Å². The number of hydrogen-bond donors (Lipinski definition) is 0. The van der Waals surface area contributed by atoms with E-state index in [0.29, 0.717) is 13.2 Å². The zero-order chi connectivity index (χ0) is 15.1. The molecule has 0 unspecified atom stereocenters. The zero-order valence-electron chi connectivity index (χ0n) is 12.1. The van der Waals surface area contributed by atoms with E-state index in [1.807, 2.05) is 44.2 Å². The molecule has 0 aliphatic carbocycles. The lowest BCUT2D eigenvalue weighted by molar-refractivity contribution is 0.189. The third-order valence-electron chi connectivity index (χ3n) is 2.34. The van der Waals surface area contributed by atoms with Gasteiger partial charge < -0.3 is 9.05 Å². The summed E-state index contributed by atoms with van der Waals surface area (Å²) < 4.78 is 28.0. The maximum atomic E-state index is 5.94. The van der Waals surface area contributed by atoms with Gasteiger partial charge >= 0.3 is 14.7 Å². The van der Waals surface area contributed by atoms with Gasteiger partial charge in [0.2, 0.25) is 0 Å². The van der Waals surface area contributed by atoms with Gasteiger partial charge in [0, 0.05) is 0 Å². The quantitative estimate of drug-likeness (QED) is 0.640. The molecular weight excluding hydrogens is 318 g/mol. The topological polar surface area (TPSA) is 46.2 Å². The molecule has 0 radical (unpaired) electrons. The molecule has 0 bridgehead atoms. The van der Waals surface area contributed by atoms with Crippen LogP contribution in [0.25, 0.3) is 0 Å². The number of benzene rings is 1. The third-order valence-corrected chi connectivity index (χ3v) is 8.27. The molecule has 0 spiro atoms. The van der Waals surface area contributed by atoms with E-state index in [-0.39, 0.29) is 0 Å². The molecule has 1 rings (SSSR count). The SMILES string of the molecule is CCOP(=S)(OCC)O[P+](OC)(OC)c1ccccc1. The average Bonchev–Trinajstić information content (AvgIpc) is 2.46. The number of hydrogen-bond acceptors (Lipinski definition) is 6. The summed E-state index contributed by atoms with van der Waals surface area (Å²) in [5.41, 5.74) is 0. The molecule has 0 atom stereocenters. The van der Waals surface area contributed by atoms with Crippen LogP contribution in [0, 0.1) is 0 Å². The van der Waals surface area contributed by atoms with Crippen molar-refractivity contribution in [1.82, 2.24) is 0 Å². The van der Waals surface area contributed by atoms with Crippen LogP contribution in [0.1, 0.15) is 13.8 Å². The van der Waals surface area contributed by atoms with E-state index in [9.17, 15) is 0 Å². The van der Waals surface area contributed by atoms with Crippen LogP contribution in [0.3, 0.4) is 0 Å². The molecular formula is C12H21O5P2S+. The van der Waals surface area contributed by atoms with Gasteiger partial charge in [0.15, 0.2) is 5.30 Å². The maximum absolute atomic E-state index is 5.94. The molecule has 0 aromatic heterocycles. The Morgan fingerprint density at radius 2 is 1.50 bits per heavy atom. The minimum Gasteiger partial charge on any atom is -0.307 e. The van der Waals surface area contributed by atoms with E-state index < -0.39 is 14.7 Å². The van der Waals surface area contributed by atoms with E-state index in [2.05, 4.69) is 0 Å². The first-order chi connectivity index (χ1) is 9.55. The average molecular weight is 339 g/mol. The fourth-order valence-electron chi connectivity index (χ4n) is 1.54. The van der Waals surface area contributed by atoms with Crippen LogP contribution < -0.4 is 5.30 Å². The van der Waals surface area contributed by atoms with Crippen molar-refractivity contribution < 1.29 is 22.4 Å². The second kappa shape index (κ2) is 8.52. The fourth-order valence-corrected chi connectivity index (χ4v) is 7.12. The van der Waals surface area contributed by atoms with Gasteiger partial charge in [0.25, 0.3) is 0 Å². The van der Waals surface area contributed by atoms with Crippen molar-refractivity contribution in [3.63, 3.8) is 0 Å². The largest absolute Gasteiger partial charge is 0.457 e. The van der Waals surface area contributed by atoms with Crippen LogP contribution in [-0.2, 0) is 34.2 Å². The van der Waals surface area contributed by atoms with Gasteiger partial charge in [-0.1, -0.05) is 22.5 Å². The second-order valence-corrected chi connectivity index (χ2v) is 9.21. The summed E-state index contributed by atoms with van der Waals surface area (Å²) in [6.45, 7) is 1.58. The van der Waals surface area contributed by atoms with Gasteiger partial charge in [-0.05, 0) is 37.8 Å². The summed E-state index contributed by atoms with van der Waals surface area (Å²) in [5.74, 6) is 0. The summed E-state index contributed by atoms with van der Waals surface area (Å²) >= 11 is 5.39. The lowest BCUT2D eigenvalue weighted by Gasteiger charge is -2.24. The second-order valence-electron chi connectivity index (χ2n) is 3.56. The molecule has 1 aromatic rings. The van der Waals surface area contributed by atoms with Gasteiger partial charge in [0.1, 0.15) is 0 Å². The molecule has 0 aliphatic rings. The molecule has 114 valence electrons. The van der Waals surface area contributed by atoms with E-state index in [1.165, 1.54) is 14.2 Å². The molecule has 0 saturated heterocycles. The predicted octanol–water partition coefficient (Wildman–Crippen LogP) is 3.68. The molecule has 0 N–H and O–H groups in total. The van der Waals surface area contributed by atoms with Gasteiger partial charge in [-0.15, -0.1) is 0 Å². The van der Waals surface area contributed by atoms with E-state index in [0.717, 1.165) is 5.30 Å². The molecule has 8 heteroatoms.